The lowest BCUT2D eigenvalue weighted by Crippen LogP contribution is -2.37. The van der Waals surface area contributed by atoms with Gasteiger partial charge in [0.05, 0.1) is 11.8 Å². The molecule has 1 aliphatic rings. The van der Waals surface area contributed by atoms with Crippen molar-refractivity contribution in [1.29, 1.82) is 0 Å². The summed E-state index contributed by atoms with van der Waals surface area (Å²) in [5, 5.41) is 6.85. The summed E-state index contributed by atoms with van der Waals surface area (Å²) in [6.45, 7) is 10.5. The van der Waals surface area contributed by atoms with E-state index in [9.17, 15) is 0 Å². The van der Waals surface area contributed by atoms with Crippen molar-refractivity contribution in [3.63, 3.8) is 0 Å². The summed E-state index contributed by atoms with van der Waals surface area (Å²) < 4.78 is 5.70. The normalized spacial score (nSPS) is 18.4. The Morgan fingerprint density at radius 2 is 2.20 bits per heavy atom. The summed E-state index contributed by atoms with van der Waals surface area (Å²) in [5.41, 5.74) is 1.17. The number of ether oxygens (including phenoxy) is 1. The SMILES string of the molecule is CCCNC(C)c1csc(N2CCC(OCC)CC2)n1. The minimum atomic E-state index is 0.348. The molecule has 1 atom stereocenters. The van der Waals surface area contributed by atoms with E-state index < -0.39 is 0 Å². The Morgan fingerprint density at radius 3 is 2.85 bits per heavy atom. The van der Waals surface area contributed by atoms with Crippen molar-refractivity contribution in [2.45, 2.75) is 52.2 Å². The highest BCUT2D eigenvalue weighted by atomic mass is 32.1. The highest BCUT2D eigenvalue weighted by molar-refractivity contribution is 7.13. The van der Waals surface area contributed by atoms with Crippen LogP contribution in [0.1, 0.15) is 51.8 Å². The quantitative estimate of drug-likeness (QED) is 0.838. The molecular formula is C15H27N3OS. The van der Waals surface area contributed by atoms with Crippen LogP contribution in [0.15, 0.2) is 5.38 Å². The Kier molecular flexibility index (Phi) is 6.26. The maximum Gasteiger partial charge on any atom is 0.185 e. The molecule has 1 aromatic rings. The van der Waals surface area contributed by atoms with E-state index in [0.717, 1.165) is 45.5 Å². The van der Waals surface area contributed by atoms with Crippen LogP contribution in [0.2, 0.25) is 0 Å². The van der Waals surface area contributed by atoms with Gasteiger partial charge < -0.3 is 15.0 Å². The molecule has 1 aromatic heterocycles. The van der Waals surface area contributed by atoms with Crippen LogP contribution in [0.3, 0.4) is 0 Å². The van der Waals surface area contributed by atoms with Crippen molar-refractivity contribution in [2.75, 3.05) is 31.1 Å². The third-order valence-electron chi connectivity index (χ3n) is 3.77. The number of thiazole rings is 1. The minimum absolute atomic E-state index is 0.348. The molecule has 1 N–H and O–H groups in total. The molecule has 1 fully saturated rings. The lowest BCUT2D eigenvalue weighted by molar-refractivity contribution is 0.0459. The van der Waals surface area contributed by atoms with Gasteiger partial charge in [0.1, 0.15) is 0 Å². The van der Waals surface area contributed by atoms with E-state index in [2.05, 4.69) is 36.4 Å². The van der Waals surface area contributed by atoms with Crippen LogP contribution >= 0.6 is 11.3 Å². The van der Waals surface area contributed by atoms with Crippen molar-refractivity contribution < 1.29 is 4.74 Å². The average molecular weight is 297 g/mol. The number of nitrogens with one attached hydrogen (secondary N) is 1. The number of anilines is 1. The molecule has 2 rings (SSSR count). The lowest BCUT2D eigenvalue weighted by atomic mass is 10.1. The van der Waals surface area contributed by atoms with Crippen LogP contribution in [-0.4, -0.2) is 37.3 Å². The second-order valence-electron chi connectivity index (χ2n) is 5.37. The fourth-order valence-electron chi connectivity index (χ4n) is 2.54. The molecule has 1 aliphatic heterocycles. The predicted molar refractivity (Wildman–Crippen MR) is 85.7 cm³/mol. The third kappa shape index (κ3) is 4.17. The van der Waals surface area contributed by atoms with E-state index in [1.165, 1.54) is 10.8 Å². The van der Waals surface area contributed by atoms with Gasteiger partial charge in [0, 0.05) is 31.1 Å². The molecule has 1 saturated heterocycles. The number of rotatable bonds is 7. The predicted octanol–water partition coefficient (Wildman–Crippen LogP) is 3.21. The number of hydrogen-bond donors (Lipinski definition) is 1. The molecule has 0 bridgehead atoms. The van der Waals surface area contributed by atoms with E-state index in [4.69, 9.17) is 9.72 Å². The van der Waals surface area contributed by atoms with Gasteiger partial charge in [-0.2, -0.15) is 0 Å². The molecule has 20 heavy (non-hydrogen) atoms. The summed E-state index contributed by atoms with van der Waals surface area (Å²) in [4.78, 5) is 7.20. The van der Waals surface area contributed by atoms with Gasteiger partial charge in [0.25, 0.3) is 0 Å². The van der Waals surface area contributed by atoms with Crippen LogP contribution in [0.25, 0.3) is 0 Å². The molecule has 0 aliphatic carbocycles. The summed E-state index contributed by atoms with van der Waals surface area (Å²) in [6, 6.07) is 0.348. The van der Waals surface area contributed by atoms with Crippen LogP contribution in [-0.2, 0) is 4.74 Å². The number of aromatic nitrogens is 1. The van der Waals surface area contributed by atoms with Gasteiger partial charge in [-0.25, -0.2) is 4.98 Å². The first kappa shape index (κ1) is 15.7. The Labute approximate surface area is 126 Å². The molecule has 4 nitrogen and oxygen atoms in total. The minimum Gasteiger partial charge on any atom is -0.378 e. The van der Waals surface area contributed by atoms with E-state index in [1.807, 2.05) is 0 Å². The topological polar surface area (TPSA) is 37.4 Å². The molecule has 2 heterocycles. The van der Waals surface area contributed by atoms with Gasteiger partial charge >= 0.3 is 0 Å². The highest BCUT2D eigenvalue weighted by Crippen LogP contribution is 2.27. The summed E-state index contributed by atoms with van der Waals surface area (Å²) >= 11 is 1.77. The molecule has 5 heteroatoms. The van der Waals surface area contributed by atoms with Crippen LogP contribution in [0, 0.1) is 0 Å². The summed E-state index contributed by atoms with van der Waals surface area (Å²) in [6.07, 6.45) is 3.84. The Bertz CT molecular complexity index is 388. The molecule has 0 amide bonds. The van der Waals surface area contributed by atoms with Gasteiger partial charge in [-0.3, -0.25) is 0 Å². The van der Waals surface area contributed by atoms with Crippen molar-refractivity contribution in [1.82, 2.24) is 10.3 Å². The number of piperidine rings is 1. The molecule has 0 aromatic carbocycles. The standard InChI is InChI=1S/C15H27N3OS/c1-4-8-16-12(3)14-11-20-15(17-14)18-9-6-13(7-10-18)19-5-2/h11-13,16H,4-10H2,1-3H3. The van der Waals surface area contributed by atoms with Crippen molar-refractivity contribution in [3.05, 3.63) is 11.1 Å². The van der Waals surface area contributed by atoms with Crippen LogP contribution in [0.5, 0.6) is 0 Å². The zero-order chi connectivity index (χ0) is 14.4. The first-order valence-electron chi connectivity index (χ1n) is 7.80. The zero-order valence-electron chi connectivity index (χ0n) is 12.9. The largest absolute Gasteiger partial charge is 0.378 e. The smallest absolute Gasteiger partial charge is 0.185 e. The summed E-state index contributed by atoms with van der Waals surface area (Å²) in [7, 11) is 0. The lowest BCUT2D eigenvalue weighted by Gasteiger charge is -2.31. The van der Waals surface area contributed by atoms with Gasteiger partial charge in [-0.15, -0.1) is 11.3 Å². The zero-order valence-corrected chi connectivity index (χ0v) is 13.7. The van der Waals surface area contributed by atoms with Crippen molar-refractivity contribution in [3.8, 4) is 0 Å². The highest BCUT2D eigenvalue weighted by Gasteiger charge is 2.22. The first-order valence-corrected chi connectivity index (χ1v) is 8.67. The van der Waals surface area contributed by atoms with Crippen LogP contribution < -0.4 is 10.2 Å². The van der Waals surface area contributed by atoms with Crippen molar-refractivity contribution >= 4 is 16.5 Å². The first-order chi connectivity index (χ1) is 9.74. The maximum atomic E-state index is 5.70. The van der Waals surface area contributed by atoms with Gasteiger partial charge in [-0.05, 0) is 39.7 Å². The van der Waals surface area contributed by atoms with Crippen molar-refractivity contribution in [2.24, 2.45) is 0 Å². The fourth-order valence-corrected chi connectivity index (χ4v) is 3.51. The monoisotopic (exact) mass is 297 g/mol. The number of nitrogens with zero attached hydrogens (tertiary/aromatic N) is 2. The third-order valence-corrected chi connectivity index (χ3v) is 4.69. The van der Waals surface area contributed by atoms with Gasteiger partial charge in [-0.1, -0.05) is 6.92 Å². The van der Waals surface area contributed by atoms with Gasteiger partial charge in [0.15, 0.2) is 5.13 Å². The second-order valence-corrected chi connectivity index (χ2v) is 6.21. The molecule has 0 spiro atoms. The van der Waals surface area contributed by atoms with E-state index in [-0.39, 0.29) is 0 Å². The molecular weight excluding hydrogens is 270 g/mol. The Morgan fingerprint density at radius 1 is 1.45 bits per heavy atom. The molecule has 0 saturated carbocycles. The summed E-state index contributed by atoms with van der Waals surface area (Å²) in [5.74, 6) is 0. The molecule has 1 unspecified atom stereocenters. The Balaban J connectivity index is 1.86. The average Bonchev–Trinajstić information content (AvgIpc) is 2.96. The Hall–Kier alpha value is -0.650. The van der Waals surface area contributed by atoms with Crippen LogP contribution in [0.4, 0.5) is 5.13 Å². The fraction of sp³-hybridized carbons (Fsp3) is 0.800. The van der Waals surface area contributed by atoms with E-state index >= 15 is 0 Å². The van der Waals surface area contributed by atoms with E-state index in [0.29, 0.717) is 12.1 Å². The molecule has 0 radical (unpaired) electrons. The maximum absolute atomic E-state index is 5.70. The second kappa shape index (κ2) is 7.96. The van der Waals surface area contributed by atoms with E-state index in [1.54, 1.807) is 11.3 Å². The number of hydrogen-bond acceptors (Lipinski definition) is 5. The molecule has 114 valence electrons. The van der Waals surface area contributed by atoms with Gasteiger partial charge in [0.2, 0.25) is 0 Å².